The van der Waals surface area contributed by atoms with Gasteiger partial charge in [0, 0.05) is 0 Å². The molecule has 1 fully saturated rings. The number of carbonyl (C=O) groups is 1. The summed E-state index contributed by atoms with van der Waals surface area (Å²) in [5.74, 6) is -0.376. The van der Waals surface area contributed by atoms with Crippen molar-refractivity contribution in [3.63, 3.8) is 0 Å². The normalized spacial score (nSPS) is 17.7. The van der Waals surface area contributed by atoms with Crippen molar-refractivity contribution in [1.82, 2.24) is 10.3 Å². The minimum absolute atomic E-state index is 0.0219. The predicted octanol–water partition coefficient (Wildman–Crippen LogP) is 2.41. The third-order valence-electron chi connectivity index (χ3n) is 3.59. The van der Waals surface area contributed by atoms with Crippen molar-refractivity contribution in [1.29, 1.82) is 0 Å². The molecule has 116 valence electrons. The zero-order chi connectivity index (χ0) is 15.5. The zero-order valence-electron chi connectivity index (χ0n) is 11.4. The summed E-state index contributed by atoms with van der Waals surface area (Å²) in [6.07, 6.45) is -1.58. The Morgan fingerprint density at radius 3 is 2.62 bits per heavy atom. The first-order valence-electron chi connectivity index (χ1n) is 6.81. The molecule has 0 saturated heterocycles. The molecule has 1 aliphatic carbocycles. The van der Waals surface area contributed by atoms with E-state index in [2.05, 4.69) is 10.3 Å². The van der Waals surface area contributed by atoms with E-state index in [1.807, 2.05) is 0 Å². The molecule has 1 amide bonds. The Labute approximate surface area is 120 Å². The molecule has 1 saturated carbocycles. The number of aromatic nitrogens is 1. The maximum absolute atomic E-state index is 12.5. The van der Waals surface area contributed by atoms with Gasteiger partial charge in [-0.2, -0.15) is 13.2 Å². The van der Waals surface area contributed by atoms with Gasteiger partial charge in [0.15, 0.2) is 0 Å². The van der Waals surface area contributed by atoms with Crippen LogP contribution < -0.4 is 5.32 Å². The van der Waals surface area contributed by atoms with Crippen LogP contribution in [0.5, 0.6) is 0 Å². The Hall–Kier alpha value is -1.63. The van der Waals surface area contributed by atoms with Crippen molar-refractivity contribution in [2.24, 2.45) is 0 Å². The number of aliphatic hydroxyl groups is 1. The van der Waals surface area contributed by atoms with Crippen molar-refractivity contribution in [2.45, 2.75) is 50.4 Å². The number of amides is 1. The second-order valence-corrected chi connectivity index (χ2v) is 5.40. The summed E-state index contributed by atoms with van der Waals surface area (Å²) in [5.41, 5.74) is -1.81. The lowest BCUT2D eigenvalue weighted by Gasteiger charge is -2.21. The quantitative estimate of drug-likeness (QED) is 0.898. The largest absolute Gasteiger partial charge is 0.433 e. The van der Waals surface area contributed by atoms with Crippen LogP contribution in [0.1, 0.15) is 43.5 Å². The molecule has 0 radical (unpaired) electrons. The van der Waals surface area contributed by atoms with E-state index in [0.717, 1.165) is 18.9 Å². The van der Waals surface area contributed by atoms with Gasteiger partial charge in [-0.1, -0.05) is 18.9 Å². The fourth-order valence-corrected chi connectivity index (χ4v) is 2.50. The molecule has 0 spiro atoms. The Bertz CT molecular complexity index is 511. The van der Waals surface area contributed by atoms with Crippen LogP contribution in [0, 0.1) is 0 Å². The van der Waals surface area contributed by atoms with Crippen LogP contribution in [0.4, 0.5) is 13.2 Å². The first kappa shape index (κ1) is 15.8. The maximum atomic E-state index is 12.5. The second kappa shape index (κ2) is 6.01. The average molecular weight is 302 g/mol. The summed E-state index contributed by atoms with van der Waals surface area (Å²) in [4.78, 5) is 15.2. The highest BCUT2D eigenvalue weighted by Gasteiger charge is 2.34. The van der Waals surface area contributed by atoms with E-state index in [-0.39, 0.29) is 24.6 Å². The molecule has 21 heavy (non-hydrogen) atoms. The Morgan fingerprint density at radius 1 is 1.33 bits per heavy atom. The Kier molecular flexibility index (Phi) is 4.51. The van der Waals surface area contributed by atoms with Crippen molar-refractivity contribution in [2.75, 3.05) is 0 Å². The predicted molar refractivity (Wildman–Crippen MR) is 69.1 cm³/mol. The minimum Gasteiger partial charge on any atom is -0.389 e. The smallest absolute Gasteiger partial charge is 0.389 e. The van der Waals surface area contributed by atoms with Gasteiger partial charge in [0.25, 0.3) is 0 Å². The number of carbonyl (C=O) groups excluding carboxylic acids is 1. The molecule has 0 aromatic carbocycles. The van der Waals surface area contributed by atoms with E-state index < -0.39 is 17.5 Å². The average Bonchev–Trinajstić information content (AvgIpc) is 2.82. The third kappa shape index (κ3) is 4.42. The lowest BCUT2D eigenvalue weighted by atomic mass is 9.98. The van der Waals surface area contributed by atoms with E-state index >= 15 is 0 Å². The molecular formula is C14H17F3N2O2. The highest BCUT2D eigenvalue weighted by Crippen LogP contribution is 2.32. The van der Waals surface area contributed by atoms with Gasteiger partial charge in [0.2, 0.25) is 5.91 Å². The van der Waals surface area contributed by atoms with Gasteiger partial charge in [-0.3, -0.25) is 4.79 Å². The van der Waals surface area contributed by atoms with E-state index in [0.29, 0.717) is 12.8 Å². The van der Waals surface area contributed by atoms with Crippen molar-refractivity contribution >= 4 is 5.91 Å². The van der Waals surface area contributed by atoms with E-state index in [9.17, 15) is 23.1 Å². The van der Waals surface area contributed by atoms with Crippen molar-refractivity contribution in [3.05, 3.63) is 29.6 Å². The SMILES string of the molecule is O=C(CC1(O)CCCC1)NCc1cccc(C(F)(F)F)n1. The maximum Gasteiger partial charge on any atom is 0.433 e. The number of alkyl halides is 3. The van der Waals surface area contributed by atoms with Gasteiger partial charge in [-0.05, 0) is 25.0 Å². The van der Waals surface area contributed by atoms with Crippen LogP contribution in [0.15, 0.2) is 18.2 Å². The van der Waals surface area contributed by atoms with Gasteiger partial charge in [0.1, 0.15) is 5.69 Å². The summed E-state index contributed by atoms with van der Waals surface area (Å²) in [6, 6.07) is 3.55. The molecule has 2 rings (SSSR count). The molecule has 7 heteroatoms. The number of pyridine rings is 1. The molecule has 2 N–H and O–H groups in total. The number of halogens is 3. The standard InChI is InChI=1S/C14H17F3N2O2/c15-14(16,17)11-5-3-4-10(19-11)9-18-12(20)8-13(21)6-1-2-7-13/h3-5,21H,1-2,6-9H2,(H,18,20). The van der Waals surface area contributed by atoms with Crippen LogP contribution in [-0.4, -0.2) is 21.6 Å². The van der Waals surface area contributed by atoms with Gasteiger partial charge in [-0.15, -0.1) is 0 Å². The lowest BCUT2D eigenvalue weighted by molar-refractivity contribution is -0.141. The molecule has 1 heterocycles. The molecular weight excluding hydrogens is 285 g/mol. The second-order valence-electron chi connectivity index (χ2n) is 5.40. The van der Waals surface area contributed by atoms with Crippen LogP contribution >= 0.6 is 0 Å². The topological polar surface area (TPSA) is 62.2 Å². The highest BCUT2D eigenvalue weighted by molar-refractivity contribution is 5.77. The van der Waals surface area contributed by atoms with E-state index in [1.165, 1.54) is 12.1 Å². The number of hydrogen-bond acceptors (Lipinski definition) is 3. The van der Waals surface area contributed by atoms with Gasteiger partial charge < -0.3 is 10.4 Å². The molecule has 1 aliphatic rings. The molecule has 0 bridgehead atoms. The van der Waals surface area contributed by atoms with E-state index in [4.69, 9.17) is 0 Å². The van der Waals surface area contributed by atoms with Gasteiger partial charge in [-0.25, -0.2) is 4.98 Å². The Morgan fingerprint density at radius 2 is 2.00 bits per heavy atom. The third-order valence-corrected chi connectivity index (χ3v) is 3.59. The zero-order valence-corrected chi connectivity index (χ0v) is 11.4. The van der Waals surface area contributed by atoms with Crippen molar-refractivity contribution < 1.29 is 23.1 Å². The summed E-state index contributed by atoms with van der Waals surface area (Å²) in [7, 11) is 0. The van der Waals surface area contributed by atoms with Crippen LogP contribution in [0.25, 0.3) is 0 Å². The number of nitrogens with zero attached hydrogens (tertiary/aromatic N) is 1. The molecule has 1 aromatic heterocycles. The molecule has 0 aliphatic heterocycles. The van der Waals surface area contributed by atoms with Crippen LogP contribution in [-0.2, 0) is 17.5 Å². The Balaban J connectivity index is 1.89. The van der Waals surface area contributed by atoms with Gasteiger partial charge >= 0.3 is 6.18 Å². The highest BCUT2D eigenvalue weighted by atomic mass is 19.4. The van der Waals surface area contributed by atoms with Crippen LogP contribution in [0.3, 0.4) is 0 Å². The first-order chi connectivity index (χ1) is 9.78. The van der Waals surface area contributed by atoms with Crippen LogP contribution in [0.2, 0.25) is 0 Å². The van der Waals surface area contributed by atoms with Gasteiger partial charge in [0.05, 0.1) is 24.3 Å². The summed E-state index contributed by atoms with van der Waals surface area (Å²) in [6.45, 7) is -0.0845. The fraction of sp³-hybridized carbons (Fsp3) is 0.571. The molecule has 0 atom stereocenters. The number of rotatable bonds is 4. The summed E-state index contributed by atoms with van der Waals surface area (Å²) < 4.78 is 37.5. The molecule has 4 nitrogen and oxygen atoms in total. The summed E-state index contributed by atoms with van der Waals surface area (Å²) >= 11 is 0. The number of hydrogen-bond donors (Lipinski definition) is 2. The first-order valence-corrected chi connectivity index (χ1v) is 6.81. The number of nitrogens with one attached hydrogen (secondary N) is 1. The molecule has 1 aromatic rings. The molecule has 0 unspecified atom stereocenters. The minimum atomic E-state index is -4.50. The van der Waals surface area contributed by atoms with E-state index in [1.54, 1.807) is 0 Å². The monoisotopic (exact) mass is 302 g/mol. The fourth-order valence-electron chi connectivity index (χ4n) is 2.50. The van der Waals surface area contributed by atoms with Crippen molar-refractivity contribution in [3.8, 4) is 0 Å². The lowest BCUT2D eigenvalue weighted by Crippen LogP contribution is -2.34. The summed E-state index contributed by atoms with van der Waals surface area (Å²) in [5, 5.41) is 12.6.